The Bertz CT molecular complexity index is 1270. The van der Waals surface area contributed by atoms with Crippen molar-refractivity contribution < 1.29 is 14.7 Å². The normalized spacial score (nSPS) is 12.8. The Morgan fingerprint density at radius 3 is 2.33 bits per heavy atom. The van der Waals surface area contributed by atoms with Gasteiger partial charge in [-0.2, -0.15) is 4.99 Å². The van der Waals surface area contributed by atoms with Gasteiger partial charge in [0.15, 0.2) is 4.80 Å². The topological polar surface area (TPSA) is 71.7 Å². The summed E-state index contributed by atoms with van der Waals surface area (Å²) in [6.07, 6.45) is 0.294. The second kappa shape index (κ2) is 8.47. The zero-order valence-electron chi connectivity index (χ0n) is 16.4. The molecule has 0 saturated carbocycles. The zero-order chi connectivity index (χ0) is 21.1. The lowest BCUT2D eigenvalue weighted by Crippen LogP contribution is -2.29. The largest absolute Gasteiger partial charge is 0.480 e. The van der Waals surface area contributed by atoms with Crippen molar-refractivity contribution in [3.8, 4) is 0 Å². The molecule has 1 N–H and O–H groups in total. The van der Waals surface area contributed by atoms with Gasteiger partial charge in [0.2, 0.25) is 0 Å². The van der Waals surface area contributed by atoms with Crippen LogP contribution in [0, 0.1) is 6.92 Å². The molecule has 0 aliphatic heterocycles. The number of aromatic nitrogens is 1. The molecule has 0 fully saturated rings. The molecule has 0 aliphatic carbocycles. The van der Waals surface area contributed by atoms with Crippen LogP contribution in [0.5, 0.6) is 0 Å². The van der Waals surface area contributed by atoms with Crippen LogP contribution < -0.4 is 4.80 Å². The van der Waals surface area contributed by atoms with Crippen LogP contribution in [-0.2, 0) is 11.2 Å². The summed E-state index contributed by atoms with van der Waals surface area (Å²) in [6.45, 7) is 1.95. The number of rotatable bonds is 5. The lowest BCUT2D eigenvalue weighted by Gasteiger charge is -2.16. The molecule has 30 heavy (non-hydrogen) atoms. The molecule has 3 aromatic carbocycles. The fourth-order valence-electron chi connectivity index (χ4n) is 3.34. The number of hydrogen-bond acceptors (Lipinski definition) is 3. The maximum atomic E-state index is 12.8. The number of nitrogens with zero attached hydrogens (tertiary/aromatic N) is 2. The van der Waals surface area contributed by atoms with E-state index in [0.29, 0.717) is 16.8 Å². The van der Waals surface area contributed by atoms with Crippen LogP contribution in [0.4, 0.5) is 0 Å². The van der Waals surface area contributed by atoms with E-state index in [0.717, 1.165) is 21.3 Å². The number of benzene rings is 3. The quantitative estimate of drug-likeness (QED) is 0.516. The van der Waals surface area contributed by atoms with Crippen molar-refractivity contribution in [2.24, 2.45) is 4.99 Å². The van der Waals surface area contributed by atoms with Crippen LogP contribution in [0.2, 0.25) is 0 Å². The molecule has 4 aromatic rings. The zero-order valence-corrected chi connectivity index (χ0v) is 17.2. The number of aryl methyl sites for hydroxylation is 1. The van der Waals surface area contributed by atoms with Crippen LogP contribution >= 0.6 is 11.3 Å². The first-order chi connectivity index (χ1) is 14.5. The average Bonchev–Trinajstić information content (AvgIpc) is 3.10. The van der Waals surface area contributed by atoms with Gasteiger partial charge in [0.25, 0.3) is 5.91 Å². The third kappa shape index (κ3) is 4.09. The molecule has 1 aromatic heterocycles. The maximum Gasteiger partial charge on any atom is 0.327 e. The first-order valence-electron chi connectivity index (χ1n) is 9.55. The van der Waals surface area contributed by atoms with Crippen molar-refractivity contribution in [2.75, 3.05) is 0 Å². The molecular weight excluding hydrogens is 396 g/mol. The van der Waals surface area contributed by atoms with E-state index >= 15 is 0 Å². The summed E-state index contributed by atoms with van der Waals surface area (Å²) < 4.78 is 2.55. The van der Waals surface area contributed by atoms with Gasteiger partial charge in [-0.25, -0.2) is 4.79 Å². The summed E-state index contributed by atoms with van der Waals surface area (Å²) >= 11 is 1.32. The highest BCUT2D eigenvalue weighted by atomic mass is 32.1. The number of carbonyl (C=O) groups is 2. The van der Waals surface area contributed by atoms with Gasteiger partial charge in [0, 0.05) is 12.0 Å². The molecular formula is C24H20N2O3S. The lowest BCUT2D eigenvalue weighted by molar-refractivity contribution is -0.140. The Kier molecular flexibility index (Phi) is 5.59. The molecule has 1 atom stereocenters. The monoisotopic (exact) mass is 416 g/mol. The standard InChI is InChI=1S/C24H20N2O3S/c1-16-11-13-18(14-12-16)22(27)25-24-26(19-9-5-6-10-21(19)30-24)20(23(28)29)15-17-7-3-2-4-8-17/h2-14,20H,15H2,1H3,(H,28,29)/b25-24-. The third-order valence-electron chi connectivity index (χ3n) is 4.90. The summed E-state index contributed by atoms with van der Waals surface area (Å²) in [6, 6.07) is 23.3. The Hall–Kier alpha value is -3.51. The fraction of sp³-hybridized carbons (Fsp3) is 0.125. The third-order valence-corrected chi connectivity index (χ3v) is 5.93. The average molecular weight is 417 g/mol. The second-order valence-corrected chi connectivity index (χ2v) is 8.06. The predicted molar refractivity (Wildman–Crippen MR) is 118 cm³/mol. The number of carboxylic acids is 1. The number of carboxylic acid groups (broad SMARTS) is 1. The molecule has 150 valence electrons. The Morgan fingerprint density at radius 2 is 1.63 bits per heavy atom. The predicted octanol–water partition coefficient (Wildman–Crippen LogP) is 4.62. The minimum Gasteiger partial charge on any atom is -0.480 e. The Balaban J connectivity index is 1.86. The number of carbonyl (C=O) groups excluding carboxylic acids is 1. The van der Waals surface area contributed by atoms with E-state index in [1.54, 1.807) is 16.7 Å². The highest BCUT2D eigenvalue weighted by Gasteiger charge is 2.24. The molecule has 1 unspecified atom stereocenters. The van der Waals surface area contributed by atoms with Crippen molar-refractivity contribution in [3.05, 3.63) is 100 Å². The Morgan fingerprint density at radius 1 is 0.967 bits per heavy atom. The van der Waals surface area contributed by atoms with Crippen molar-refractivity contribution in [3.63, 3.8) is 0 Å². The van der Waals surface area contributed by atoms with Crippen LogP contribution in [0.25, 0.3) is 10.2 Å². The van der Waals surface area contributed by atoms with Crippen molar-refractivity contribution in [1.82, 2.24) is 4.57 Å². The first kappa shape index (κ1) is 19.8. The number of thiazole rings is 1. The number of amides is 1. The Labute approximate surface area is 177 Å². The van der Waals surface area contributed by atoms with Gasteiger partial charge in [0.1, 0.15) is 6.04 Å². The number of aliphatic carboxylic acids is 1. The van der Waals surface area contributed by atoms with E-state index in [4.69, 9.17) is 0 Å². The first-order valence-corrected chi connectivity index (χ1v) is 10.4. The summed E-state index contributed by atoms with van der Waals surface area (Å²) in [7, 11) is 0. The molecule has 0 saturated heterocycles. The number of fused-ring (bicyclic) bond motifs is 1. The highest BCUT2D eigenvalue weighted by Crippen LogP contribution is 2.23. The van der Waals surface area contributed by atoms with Crippen molar-refractivity contribution in [2.45, 2.75) is 19.4 Å². The maximum absolute atomic E-state index is 12.8. The van der Waals surface area contributed by atoms with Gasteiger partial charge in [-0.1, -0.05) is 71.5 Å². The van der Waals surface area contributed by atoms with E-state index in [2.05, 4.69) is 4.99 Å². The van der Waals surface area contributed by atoms with Crippen LogP contribution in [0.3, 0.4) is 0 Å². The molecule has 1 heterocycles. The van der Waals surface area contributed by atoms with Crippen LogP contribution in [-0.4, -0.2) is 21.6 Å². The van der Waals surface area contributed by atoms with Crippen molar-refractivity contribution >= 4 is 33.4 Å². The van der Waals surface area contributed by atoms with Crippen LogP contribution in [0.1, 0.15) is 27.5 Å². The summed E-state index contributed by atoms with van der Waals surface area (Å²) in [5.74, 6) is -1.36. The van der Waals surface area contributed by atoms with E-state index in [-0.39, 0.29) is 5.91 Å². The molecule has 0 radical (unpaired) electrons. The molecule has 0 bridgehead atoms. The molecule has 0 aliphatic rings. The summed E-state index contributed by atoms with van der Waals surface area (Å²) in [5, 5.41) is 10.0. The van der Waals surface area contributed by atoms with Gasteiger partial charge in [0.05, 0.1) is 10.2 Å². The van der Waals surface area contributed by atoms with E-state index in [9.17, 15) is 14.7 Å². The second-order valence-electron chi connectivity index (χ2n) is 7.05. The molecule has 6 heteroatoms. The number of hydrogen-bond donors (Lipinski definition) is 1. The molecule has 0 spiro atoms. The molecule has 5 nitrogen and oxygen atoms in total. The molecule has 1 amide bonds. The van der Waals surface area contributed by atoms with E-state index in [1.807, 2.05) is 73.7 Å². The molecule has 4 rings (SSSR count). The van der Waals surface area contributed by atoms with E-state index < -0.39 is 12.0 Å². The van der Waals surface area contributed by atoms with E-state index in [1.165, 1.54) is 11.3 Å². The fourth-order valence-corrected chi connectivity index (χ4v) is 4.41. The summed E-state index contributed by atoms with van der Waals surface area (Å²) in [4.78, 5) is 29.7. The highest BCUT2D eigenvalue weighted by molar-refractivity contribution is 7.16. The SMILES string of the molecule is Cc1ccc(C(=O)/N=c2\sc3ccccc3n2C(Cc2ccccc2)C(=O)O)cc1. The minimum atomic E-state index is -0.966. The van der Waals surface area contributed by atoms with Gasteiger partial charge < -0.3 is 9.67 Å². The van der Waals surface area contributed by atoms with Crippen molar-refractivity contribution in [1.29, 1.82) is 0 Å². The van der Waals surface area contributed by atoms with Gasteiger partial charge in [-0.3, -0.25) is 4.79 Å². The van der Waals surface area contributed by atoms with Crippen LogP contribution in [0.15, 0.2) is 83.9 Å². The minimum absolute atomic E-state index is 0.294. The number of para-hydroxylation sites is 1. The van der Waals surface area contributed by atoms with Gasteiger partial charge in [-0.15, -0.1) is 0 Å². The lowest BCUT2D eigenvalue weighted by atomic mass is 10.1. The van der Waals surface area contributed by atoms with Gasteiger partial charge >= 0.3 is 5.97 Å². The van der Waals surface area contributed by atoms with Gasteiger partial charge in [-0.05, 0) is 36.8 Å². The summed E-state index contributed by atoms with van der Waals surface area (Å²) in [5.41, 5.74) is 3.18. The smallest absolute Gasteiger partial charge is 0.327 e.